The van der Waals surface area contributed by atoms with E-state index >= 15 is 0 Å². The van der Waals surface area contributed by atoms with E-state index in [0.29, 0.717) is 22.9 Å². The molecule has 0 unspecified atom stereocenters. The van der Waals surface area contributed by atoms with Crippen molar-refractivity contribution in [1.29, 1.82) is 0 Å². The molecule has 3 aromatic carbocycles. The lowest BCUT2D eigenvalue weighted by Crippen LogP contribution is -2.44. The normalized spacial score (nSPS) is 15.8. The maximum Gasteiger partial charge on any atom is 0.237 e. The van der Waals surface area contributed by atoms with Gasteiger partial charge in [0.2, 0.25) is 5.91 Å². The van der Waals surface area contributed by atoms with Gasteiger partial charge in [-0.2, -0.15) is 0 Å². The van der Waals surface area contributed by atoms with Gasteiger partial charge in [0, 0.05) is 22.8 Å². The number of halogens is 1. The first-order valence-corrected chi connectivity index (χ1v) is 11.6. The lowest BCUT2D eigenvalue weighted by Gasteiger charge is -2.29. The number of nitrogens with two attached hydrogens (primary N) is 1. The number of nitrogens with one attached hydrogen (secondary N) is 2. The molecule has 172 valence electrons. The number of fused-ring (bicyclic) bond motifs is 1. The van der Waals surface area contributed by atoms with Gasteiger partial charge in [0.1, 0.15) is 11.5 Å². The van der Waals surface area contributed by atoms with Crippen molar-refractivity contribution in [1.82, 2.24) is 5.32 Å². The van der Waals surface area contributed by atoms with Crippen LogP contribution in [0.4, 0.5) is 5.69 Å². The Labute approximate surface area is 200 Å². The quantitative estimate of drug-likeness (QED) is 0.444. The first-order valence-electron chi connectivity index (χ1n) is 11.2. The van der Waals surface area contributed by atoms with E-state index < -0.39 is 6.04 Å². The smallest absolute Gasteiger partial charge is 0.237 e. The third-order valence-corrected chi connectivity index (χ3v) is 6.33. The fraction of sp³-hybridized carbons (Fsp3) is 0.296. The van der Waals surface area contributed by atoms with Crippen molar-refractivity contribution in [2.24, 2.45) is 5.73 Å². The number of carbonyl (C=O) groups excluding carboxylic acids is 1. The summed E-state index contributed by atoms with van der Waals surface area (Å²) in [5, 5.41) is 7.18. The van der Waals surface area contributed by atoms with E-state index in [9.17, 15) is 4.79 Å². The van der Waals surface area contributed by atoms with E-state index in [4.69, 9.17) is 22.1 Å². The number of rotatable bonds is 6. The fourth-order valence-corrected chi connectivity index (χ4v) is 4.68. The lowest BCUT2D eigenvalue weighted by molar-refractivity contribution is -0.123. The summed E-state index contributed by atoms with van der Waals surface area (Å²) in [6.07, 6.45) is 1.29. The van der Waals surface area contributed by atoms with Crippen LogP contribution in [0.3, 0.4) is 0 Å². The van der Waals surface area contributed by atoms with Gasteiger partial charge in [0.15, 0.2) is 0 Å². The molecule has 0 fully saturated rings. The number of hydrogen-bond acceptors (Lipinski definition) is 4. The van der Waals surface area contributed by atoms with Crippen molar-refractivity contribution in [3.05, 3.63) is 87.4 Å². The van der Waals surface area contributed by atoms with Crippen molar-refractivity contribution in [2.45, 2.75) is 45.7 Å². The number of benzene rings is 3. The molecule has 1 aliphatic rings. The summed E-state index contributed by atoms with van der Waals surface area (Å²) >= 11 is 6.07. The second-order valence-electron chi connectivity index (χ2n) is 8.77. The Hall–Kier alpha value is -3.02. The van der Waals surface area contributed by atoms with Crippen LogP contribution in [0, 0.1) is 20.8 Å². The lowest BCUT2D eigenvalue weighted by atomic mass is 9.93. The molecule has 0 radical (unpaired) electrons. The first kappa shape index (κ1) is 23.1. The van der Waals surface area contributed by atoms with Crippen LogP contribution < -0.4 is 21.1 Å². The predicted octanol–water partition coefficient (Wildman–Crippen LogP) is 5.60. The Kier molecular flexibility index (Phi) is 6.91. The average Bonchev–Trinajstić information content (AvgIpc) is 2.76. The molecule has 0 bridgehead atoms. The standard InChI is InChI=1S/C27H30ClN3O2/c1-16-11-17(2)22(18(3)12-16)15-24(29)27(32)31-26-9-10-30-25-8-7-21(14-23(25)26)33-20-6-4-5-19(28)13-20/h4-8,11-14,24,26,30H,9-10,15,29H2,1-3H3,(H,31,32)/t24-,26+/m0/s1. The van der Waals surface area contributed by atoms with Gasteiger partial charge in [0.05, 0.1) is 12.1 Å². The maximum absolute atomic E-state index is 13.0. The second-order valence-corrected chi connectivity index (χ2v) is 9.21. The number of anilines is 1. The van der Waals surface area contributed by atoms with E-state index in [1.54, 1.807) is 12.1 Å². The van der Waals surface area contributed by atoms with Crippen molar-refractivity contribution >= 4 is 23.2 Å². The Balaban J connectivity index is 1.48. The van der Waals surface area contributed by atoms with E-state index in [1.807, 2.05) is 30.3 Å². The molecule has 0 saturated heterocycles. The number of hydrogen-bond donors (Lipinski definition) is 3. The highest BCUT2D eigenvalue weighted by Gasteiger charge is 2.25. The van der Waals surface area contributed by atoms with Crippen molar-refractivity contribution in [3.8, 4) is 11.5 Å². The summed E-state index contributed by atoms with van der Waals surface area (Å²) in [7, 11) is 0. The van der Waals surface area contributed by atoms with Crippen LogP contribution >= 0.6 is 11.6 Å². The van der Waals surface area contributed by atoms with Crippen LogP contribution in [0.15, 0.2) is 54.6 Å². The minimum absolute atomic E-state index is 0.136. The van der Waals surface area contributed by atoms with Crippen LogP contribution in [0.2, 0.25) is 5.02 Å². The number of carbonyl (C=O) groups is 1. The van der Waals surface area contributed by atoms with Gasteiger partial charge in [-0.15, -0.1) is 0 Å². The van der Waals surface area contributed by atoms with Crippen LogP contribution in [-0.4, -0.2) is 18.5 Å². The highest BCUT2D eigenvalue weighted by Crippen LogP contribution is 2.35. The van der Waals surface area contributed by atoms with Crippen LogP contribution in [0.25, 0.3) is 0 Å². The van der Waals surface area contributed by atoms with E-state index in [2.05, 4.69) is 43.5 Å². The summed E-state index contributed by atoms with van der Waals surface area (Å²) < 4.78 is 5.99. The third kappa shape index (κ3) is 5.49. The Bertz CT molecular complexity index is 1150. The summed E-state index contributed by atoms with van der Waals surface area (Å²) in [5.41, 5.74) is 13.0. The van der Waals surface area contributed by atoms with Gasteiger partial charge in [-0.1, -0.05) is 35.4 Å². The molecule has 33 heavy (non-hydrogen) atoms. The minimum atomic E-state index is -0.616. The van der Waals surface area contributed by atoms with Gasteiger partial charge in [-0.05, 0) is 86.7 Å². The zero-order valence-electron chi connectivity index (χ0n) is 19.2. The molecule has 6 heteroatoms. The van der Waals surface area contributed by atoms with Crippen LogP contribution in [-0.2, 0) is 11.2 Å². The highest BCUT2D eigenvalue weighted by atomic mass is 35.5. The van der Waals surface area contributed by atoms with E-state index in [1.165, 1.54) is 16.7 Å². The van der Waals surface area contributed by atoms with Crippen molar-refractivity contribution in [3.63, 3.8) is 0 Å². The Morgan fingerprint density at radius 1 is 1.12 bits per heavy atom. The fourth-order valence-electron chi connectivity index (χ4n) is 4.50. The first-order chi connectivity index (χ1) is 15.8. The topological polar surface area (TPSA) is 76.4 Å². The van der Waals surface area contributed by atoms with E-state index in [0.717, 1.165) is 29.8 Å². The number of aryl methyl sites for hydroxylation is 3. The summed E-state index contributed by atoms with van der Waals surface area (Å²) in [6.45, 7) is 7.00. The highest BCUT2D eigenvalue weighted by molar-refractivity contribution is 6.30. The molecule has 5 nitrogen and oxygen atoms in total. The molecule has 2 atom stereocenters. The molecule has 4 rings (SSSR count). The molecule has 0 aromatic heterocycles. The molecule has 1 aliphatic heterocycles. The Morgan fingerprint density at radius 2 is 1.85 bits per heavy atom. The average molecular weight is 464 g/mol. The molecule has 3 aromatic rings. The van der Waals surface area contributed by atoms with Crippen molar-refractivity contribution < 1.29 is 9.53 Å². The van der Waals surface area contributed by atoms with Gasteiger partial charge >= 0.3 is 0 Å². The SMILES string of the molecule is Cc1cc(C)c(C[C@H](N)C(=O)N[C@@H]2CCNc3ccc(Oc4cccc(Cl)c4)cc32)c(C)c1. The van der Waals surface area contributed by atoms with Gasteiger partial charge in [-0.25, -0.2) is 0 Å². The summed E-state index contributed by atoms with van der Waals surface area (Å²) in [6, 6.07) is 16.7. The molecular formula is C27H30ClN3O2. The van der Waals surface area contributed by atoms with Gasteiger partial charge < -0.3 is 21.1 Å². The van der Waals surface area contributed by atoms with Crippen LogP contribution in [0.1, 0.15) is 40.3 Å². The molecule has 4 N–H and O–H groups in total. The van der Waals surface area contributed by atoms with Crippen molar-refractivity contribution in [2.75, 3.05) is 11.9 Å². The molecule has 1 heterocycles. The monoisotopic (exact) mass is 463 g/mol. The summed E-state index contributed by atoms with van der Waals surface area (Å²) in [4.78, 5) is 13.0. The number of amides is 1. The van der Waals surface area contributed by atoms with Gasteiger partial charge in [-0.3, -0.25) is 4.79 Å². The molecule has 1 amide bonds. The Morgan fingerprint density at radius 3 is 2.58 bits per heavy atom. The molecule has 0 spiro atoms. The molecule has 0 aliphatic carbocycles. The second kappa shape index (κ2) is 9.86. The molecular weight excluding hydrogens is 434 g/mol. The third-order valence-electron chi connectivity index (χ3n) is 6.10. The van der Waals surface area contributed by atoms with Crippen LogP contribution in [0.5, 0.6) is 11.5 Å². The zero-order chi connectivity index (χ0) is 23.5. The zero-order valence-corrected chi connectivity index (χ0v) is 20.0. The van der Waals surface area contributed by atoms with E-state index in [-0.39, 0.29) is 11.9 Å². The summed E-state index contributed by atoms with van der Waals surface area (Å²) in [5.74, 6) is 1.21. The largest absolute Gasteiger partial charge is 0.457 e. The predicted molar refractivity (Wildman–Crippen MR) is 134 cm³/mol. The minimum Gasteiger partial charge on any atom is -0.457 e. The maximum atomic E-state index is 13.0. The number of ether oxygens (including phenoxy) is 1. The van der Waals surface area contributed by atoms with Gasteiger partial charge in [0.25, 0.3) is 0 Å². The molecule has 0 saturated carbocycles.